The van der Waals surface area contributed by atoms with Crippen LogP contribution in [-0.4, -0.2) is 17.8 Å². The third-order valence-corrected chi connectivity index (χ3v) is 2.53. The van der Waals surface area contributed by atoms with Gasteiger partial charge in [-0.1, -0.05) is 29.8 Å². The van der Waals surface area contributed by atoms with Gasteiger partial charge in [-0.05, 0) is 30.2 Å². The van der Waals surface area contributed by atoms with E-state index in [2.05, 4.69) is 15.9 Å². The monoisotopic (exact) mass is 258 g/mol. The predicted octanol–water partition coefficient (Wildman–Crippen LogP) is 2.84. The van der Waals surface area contributed by atoms with E-state index < -0.39 is 6.10 Å². The normalized spacial score (nSPS) is 12.9. The van der Waals surface area contributed by atoms with Crippen molar-refractivity contribution in [2.45, 2.75) is 20.0 Å². The lowest BCUT2D eigenvalue weighted by molar-refractivity contribution is 0.0701. The molecule has 0 fully saturated rings. The molecule has 0 saturated heterocycles. The predicted molar refractivity (Wildman–Crippen MR) is 60.5 cm³/mol. The SMILES string of the molecule is CC(C)C(O)COc1ccc(Br)cc1. The van der Waals surface area contributed by atoms with Gasteiger partial charge in [0.15, 0.2) is 0 Å². The van der Waals surface area contributed by atoms with Gasteiger partial charge in [-0.2, -0.15) is 0 Å². The molecule has 1 atom stereocenters. The summed E-state index contributed by atoms with van der Waals surface area (Å²) < 4.78 is 6.44. The van der Waals surface area contributed by atoms with Gasteiger partial charge in [0.2, 0.25) is 0 Å². The van der Waals surface area contributed by atoms with Gasteiger partial charge < -0.3 is 9.84 Å². The maximum absolute atomic E-state index is 9.51. The first-order valence-corrected chi connectivity index (χ1v) is 5.45. The van der Waals surface area contributed by atoms with E-state index in [4.69, 9.17) is 4.74 Å². The van der Waals surface area contributed by atoms with Gasteiger partial charge in [0.05, 0.1) is 6.10 Å². The number of hydrogen-bond donors (Lipinski definition) is 1. The summed E-state index contributed by atoms with van der Waals surface area (Å²) in [4.78, 5) is 0. The highest BCUT2D eigenvalue weighted by Gasteiger charge is 2.09. The van der Waals surface area contributed by atoms with Gasteiger partial charge in [0.1, 0.15) is 12.4 Å². The Hall–Kier alpha value is -0.540. The van der Waals surface area contributed by atoms with Gasteiger partial charge in [-0.15, -0.1) is 0 Å². The Bertz CT molecular complexity index is 269. The van der Waals surface area contributed by atoms with Crippen LogP contribution in [0.25, 0.3) is 0 Å². The van der Waals surface area contributed by atoms with Crippen LogP contribution in [0.3, 0.4) is 0 Å². The van der Waals surface area contributed by atoms with Crippen LogP contribution >= 0.6 is 15.9 Å². The first kappa shape index (κ1) is 11.5. The molecule has 1 aromatic carbocycles. The Kier molecular flexibility index (Phi) is 4.42. The third kappa shape index (κ3) is 3.68. The molecule has 1 N–H and O–H groups in total. The molecule has 0 aliphatic carbocycles. The van der Waals surface area contributed by atoms with Crippen LogP contribution in [0.1, 0.15) is 13.8 Å². The lowest BCUT2D eigenvalue weighted by Gasteiger charge is -2.15. The molecule has 0 aromatic heterocycles. The second-order valence-corrected chi connectivity index (χ2v) is 4.49. The van der Waals surface area contributed by atoms with E-state index >= 15 is 0 Å². The van der Waals surface area contributed by atoms with E-state index in [1.54, 1.807) is 0 Å². The minimum Gasteiger partial charge on any atom is -0.491 e. The van der Waals surface area contributed by atoms with Crippen molar-refractivity contribution in [3.63, 3.8) is 0 Å². The molecule has 1 unspecified atom stereocenters. The van der Waals surface area contributed by atoms with Crippen molar-refractivity contribution in [1.29, 1.82) is 0 Å². The molecule has 0 saturated carbocycles. The Morgan fingerprint density at radius 3 is 2.36 bits per heavy atom. The van der Waals surface area contributed by atoms with Gasteiger partial charge in [-0.25, -0.2) is 0 Å². The number of halogens is 1. The van der Waals surface area contributed by atoms with Crippen molar-refractivity contribution < 1.29 is 9.84 Å². The first-order chi connectivity index (χ1) is 6.59. The number of aliphatic hydroxyl groups is 1. The Labute approximate surface area is 93.0 Å². The molecular weight excluding hydrogens is 244 g/mol. The minimum atomic E-state index is -0.404. The van der Waals surface area contributed by atoms with Crippen LogP contribution in [0.4, 0.5) is 0 Å². The summed E-state index contributed by atoms with van der Waals surface area (Å²) in [6.45, 7) is 4.28. The van der Waals surface area contributed by atoms with Crippen LogP contribution in [0.15, 0.2) is 28.7 Å². The Morgan fingerprint density at radius 1 is 1.29 bits per heavy atom. The highest BCUT2D eigenvalue weighted by atomic mass is 79.9. The van der Waals surface area contributed by atoms with Gasteiger partial charge in [0.25, 0.3) is 0 Å². The lowest BCUT2D eigenvalue weighted by Crippen LogP contribution is -2.23. The van der Waals surface area contributed by atoms with E-state index in [1.165, 1.54) is 0 Å². The molecule has 0 aliphatic rings. The second-order valence-electron chi connectivity index (χ2n) is 3.58. The quantitative estimate of drug-likeness (QED) is 0.900. The van der Waals surface area contributed by atoms with Crippen LogP contribution in [0.2, 0.25) is 0 Å². The molecule has 0 amide bonds. The number of ether oxygens (including phenoxy) is 1. The summed E-state index contributed by atoms with van der Waals surface area (Å²) in [7, 11) is 0. The first-order valence-electron chi connectivity index (χ1n) is 4.66. The van der Waals surface area contributed by atoms with Gasteiger partial charge in [0, 0.05) is 4.47 Å². The molecule has 1 rings (SSSR count). The fraction of sp³-hybridized carbons (Fsp3) is 0.455. The second kappa shape index (κ2) is 5.37. The molecule has 0 bridgehead atoms. The summed E-state index contributed by atoms with van der Waals surface area (Å²) in [6.07, 6.45) is -0.404. The minimum absolute atomic E-state index is 0.227. The molecule has 0 radical (unpaired) electrons. The van der Waals surface area contributed by atoms with Gasteiger partial charge >= 0.3 is 0 Å². The molecular formula is C11H15BrO2. The summed E-state index contributed by atoms with van der Waals surface area (Å²) in [5.41, 5.74) is 0. The van der Waals surface area contributed by atoms with Crippen molar-refractivity contribution in [3.05, 3.63) is 28.7 Å². The lowest BCUT2D eigenvalue weighted by atomic mass is 10.1. The van der Waals surface area contributed by atoms with Crippen molar-refractivity contribution in [3.8, 4) is 5.75 Å². The third-order valence-electron chi connectivity index (χ3n) is 2.00. The molecule has 1 aromatic rings. The van der Waals surface area contributed by atoms with E-state index in [0.717, 1.165) is 10.2 Å². The zero-order valence-corrected chi connectivity index (χ0v) is 9.99. The summed E-state index contributed by atoms with van der Waals surface area (Å²) in [5, 5.41) is 9.51. The molecule has 0 heterocycles. The van der Waals surface area contributed by atoms with Crippen LogP contribution < -0.4 is 4.74 Å². The van der Waals surface area contributed by atoms with Crippen LogP contribution in [0, 0.1) is 5.92 Å². The average molecular weight is 259 g/mol. The van der Waals surface area contributed by atoms with E-state index in [1.807, 2.05) is 38.1 Å². The van der Waals surface area contributed by atoms with E-state index in [9.17, 15) is 5.11 Å². The maximum Gasteiger partial charge on any atom is 0.119 e. The molecule has 2 nitrogen and oxygen atoms in total. The highest BCUT2D eigenvalue weighted by Crippen LogP contribution is 2.16. The topological polar surface area (TPSA) is 29.5 Å². The number of hydrogen-bond acceptors (Lipinski definition) is 2. The van der Waals surface area contributed by atoms with Crippen molar-refractivity contribution in [2.24, 2.45) is 5.92 Å². The molecule has 78 valence electrons. The standard InChI is InChI=1S/C11H15BrO2/c1-8(2)11(13)7-14-10-5-3-9(12)4-6-10/h3-6,8,11,13H,7H2,1-2H3. The van der Waals surface area contributed by atoms with Crippen LogP contribution in [-0.2, 0) is 0 Å². The van der Waals surface area contributed by atoms with E-state index in [0.29, 0.717) is 6.61 Å². The van der Waals surface area contributed by atoms with E-state index in [-0.39, 0.29) is 5.92 Å². The number of rotatable bonds is 4. The average Bonchev–Trinajstić information content (AvgIpc) is 2.16. The zero-order valence-electron chi connectivity index (χ0n) is 8.40. The van der Waals surface area contributed by atoms with Crippen molar-refractivity contribution in [1.82, 2.24) is 0 Å². The van der Waals surface area contributed by atoms with Gasteiger partial charge in [-0.3, -0.25) is 0 Å². The molecule has 0 aliphatic heterocycles. The smallest absolute Gasteiger partial charge is 0.119 e. The van der Waals surface area contributed by atoms with Crippen LogP contribution in [0.5, 0.6) is 5.75 Å². The fourth-order valence-electron chi connectivity index (χ4n) is 0.905. The Balaban J connectivity index is 2.42. The van der Waals surface area contributed by atoms with Crippen molar-refractivity contribution in [2.75, 3.05) is 6.61 Å². The Morgan fingerprint density at radius 2 is 1.86 bits per heavy atom. The largest absolute Gasteiger partial charge is 0.491 e. The molecule has 3 heteroatoms. The highest BCUT2D eigenvalue weighted by molar-refractivity contribution is 9.10. The molecule has 0 spiro atoms. The number of aliphatic hydroxyl groups excluding tert-OH is 1. The number of benzene rings is 1. The zero-order chi connectivity index (χ0) is 10.6. The maximum atomic E-state index is 9.51. The van der Waals surface area contributed by atoms with Crippen molar-refractivity contribution >= 4 is 15.9 Å². The summed E-state index contributed by atoms with van der Waals surface area (Å²) in [6, 6.07) is 7.57. The fourth-order valence-corrected chi connectivity index (χ4v) is 1.17. The summed E-state index contributed by atoms with van der Waals surface area (Å²) >= 11 is 3.34. The summed E-state index contributed by atoms with van der Waals surface area (Å²) in [5.74, 6) is 1.01. The molecule has 14 heavy (non-hydrogen) atoms.